The van der Waals surface area contributed by atoms with E-state index in [0.29, 0.717) is 12.1 Å². The van der Waals surface area contributed by atoms with E-state index in [2.05, 4.69) is 20.4 Å². The van der Waals surface area contributed by atoms with Crippen LogP contribution in [-0.4, -0.2) is 25.7 Å². The average molecular weight is 355 g/mol. The molecule has 0 aliphatic carbocycles. The predicted molar refractivity (Wildman–Crippen MR) is 102 cm³/mol. The molecule has 1 amide bonds. The zero-order chi connectivity index (χ0) is 18.5. The molecule has 0 unspecified atom stereocenters. The number of carbonyl (C=O) groups excluding carboxylic acids is 1. The molecule has 0 atom stereocenters. The summed E-state index contributed by atoms with van der Waals surface area (Å²) in [4.78, 5) is 20.7. The smallest absolute Gasteiger partial charge is 0.253 e. The van der Waals surface area contributed by atoms with E-state index in [1.54, 1.807) is 35.5 Å². The summed E-state index contributed by atoms with van der Waals surface area (Å²) < 4.78 is 1.80. The van der Waals surface area contributed by atoms with Crippen LogP contribution < -0.4 is 5.32 Å². The van der Waals surface area contributed by atoms with Crippen molar-refractivity contribution in [3.63, 3.8) is 0 Å². The molecule has 0 saturated heterocycles. The number of rotatable bonds is 5. The number of amides is 1. The van der Waals surface area contributed by atoms with Crippen molar-refractivity contribution in [2.24, 2.45) is 0 Å². The Balaban J connectivity index is 1.44. The van der Waals surface area contributed by atoms with Gasteiger partial charge in [-0.3, -0.25) is 14.8 Å². The molecular formula is C21H17N5O. The summed E-state index contributed by atoms with van der Waals surface area (Å²) in [6.45, 7) is 0.429. The molecule has 1 N–H and O–H groups in total. The second-order valence-electron chi connectivity index (χ2n) is 5.99. The molecule has 0 saturated carbocycles. The number of nitrogens with zero attached hydrogens (tertiary/aromatic N) is 4. The Morgan fingerprint density at radius 3 is 2.59 bits per heavy atom. The van der Waals surface area contributed by atoms with Crippen molar-refractivity contribution >= 4 is 5.91 Å². The maximum atomic E-state index is 12.3. The standard InChI is InChI=1S/C21H17N5O/c27-21(24-12-16-5-4-10-22-11-16)17-8-9-20(23-13-17)18-14-25-26(15-18)19-6-2-1-3-7-19/h1-11,13-15H,12H2,(H,24,27). The SMILES string of the molecule is O=C(NCc1cccnc1)c1ccc(-c2cnn(-c3ccccc3)c2)nc1. The molecule has 4 aromatic rings. The molecule has 4 rings (SSSR count). The maximum Gasteiger partial charge on any atom is 0.253 e. The first-order valence-electron chi connectivity index (χ1n) is 8.53. The lowest BCUT2D eigenvalue weighted by Gasteiger charge is -2.05. The fourth-order valence-electron chi connectivity index (χ4n) is 2.66. The molecule has 0 aliphatic rings. The van der Waals surface area contributed by atoms with Crippen LogP contribution in [0.1, 0.15) is 15.9 Å². The Kier molecular flexibility index (Phi) is 4.70. The van der Waals surface area contributed by atoms with Gasteiger partial charge in [0.05, 0.1) is 23.1 Å². The van der Waals surface area contributed by atoms with Crippen LogP contribution in [0.2, 0.25) is 0 Å². The van der Waals surface area contributed by atoms with E-state index in [-0.39, 0.29) is 5.91 Å². The summed E-state index contributed by atoms with van der Waals surface area (Å²) in [5, 5.41) is 7.24. The van der Waals surface area contributed by atoms with Crippen LogP contribution >= 0.6 is 0 Å². The fraction of sp³-hybridized carbons (Fsp3) is 0.0476. The van der Waals surface area contributed by atoms with Gasteiger partial charge in [-0.15, -0.1) is 0 Å². The first-order valence-corrected chi connectivity index (χ1v) is 8.53. The van der Waals surface area contributed by atoms with Crippen LogP contribution in [0.15, 0.2) is 85.6 Å². The quantitative estimate of drug-likeness (QED) is 0.596. The van der Waals surface area contributed by atoms with Crippen molar-refractivity contribution in [2.75, 3.05) is 0 Å². The van der Waals surface area contributed by atoms with Crippen molar-refractivity contribution in [3.05, 3.63) is 96.7 Å². The minimum Gasteiger partial charge on any atom is -0.348 e. The molecule has 132 valence electrons. The second-order valence-corrected chi connectivity index (χ2v) is 5.99. The normalized spacial score (nSPS) is 10.5. The first-order chi connectivity index (χ1) is 13.3. The number of hydrogen-bond donors (Lipinski definition) is 1. The van der Waals surface area contributed by atoms with Crippen LogP contribution in [0, 0.1) is 0 Å². The van der Waals surface area contributed by atoms with Crippen molar-refractivity contribution in [2.45, 2.75) is 6.54 Å². The Hall–Kier alpha value is -3.80. The van der Waals surface area contributed by atoms with Gasteiger partial charge in [-0.1, -0.05) is 24.3 Å². The highest BCUT2D eigenvalue weighted by atomic mass is 16.1. The minimum absolute atomic E-state index is 0.169. The molecule has 6 heteroatoms. The molecule has 0 aliphatic heterocycles. The number of hydrogen-bond acceptors (Lipinski definition) is 4. The molecule has 3 heterocycles. The van der Waals surface area contributed by atoms with Gasteiger partial charge in [0.1, 0.15) is 0 Å². The molecular weight excluding hydrogens is 338 g/mol. The lowest BCUT2D eigenvalue weighted by Crippen LogP contribution is -2.22. The maximum absolute atomic E-state index is 12.3. The van der Waals surface area contributed by atoms with Gasteiger partial charge < -0.3 is 5.32 Å². The molecule has 6 nitrogen and oxygen atoms in total. The summed E-state index contributed by atoms with van der Waals surface area (Å²) in [7, 11) is 0. The molecule has 0 radical (unpaired) electrons. The zero-order valence-corrected chi connectivity index (χ0v) is 14.5. The first kappa shape index (κ1) is 16.7. The summed E-state index contributed by atoms with van der Waals surface area (Å²) in [6, 6.07) is 17.2. The fourth-order valence-corrected chi connectivity index (χ4v) is 2.66. The molecule has 27 heavy (non-hydrogen) atoms. The topological polar surface area (TPSA) is 72.7 Å². The van der Waals surface area contributed by atoms with Gasteiger partial charge in [-0.2, -0.15) is 5.10 Å². The van der Waals surface area contributed by atoms with Gasteiger partial charge in [0, 0.05) is 36.9 Å². The van der Waals surface area contributed by atoms with Crippen LogP contribution in [-0.2, 0) is 6.54 Å². The van der Waals surface area contributed by atoms with E-state index in [1.807, 2.05) is 54.7 Å². The van der Waals surface area contributed by atoms with Gasteiger partial charge in [0.2, 0.25) is 0 Å². The van der Waals surface area contributed by atoms with Crippen molar-refractivity contribution in [3.8, 4) is 16.9 Å². The molecule has 3 aromatic heterocycles. The number of aromatic nitrogens is 4. The van der Waals surface area contributed by atoms with E-state index in [9.17, 15) is 4.79 Å². The van der Waals surface area contributed by atoms with Gasteiger partial charge in [-0.05, 0) is 35.9 Å². The minimum atomic E-state index is -0.169. The third-order valence-corrected chi connectivity index (χ3v) is 4.10. The number of para-hydroxylation sites is 1. The van der Waals surface area contributed by atoms with Crippen LogP contribution in [0.4, 0.5) is 0 Å². The number of nitrogens with one attached hydrogen (secondary N) is 1. The second kappa shape index (κ2) is 7.61. The summed E-state index contributed by atoms with van der Waals surface area (Å²) >= 11 is 0. The monoisotopic (exact) mass is 355 g/mol. The van der Waals surface area contributed by atoms with Crippen LogP contribution in [0.25, 0.3) is 16.9 Å². The number of carbonyl (C=O) groups is 1. The van der Waals surface area contributed by atoms with Gasteiger partial charge in [-0.25, -0.2) is 4.68 Å². The summed E-state index contributed by atoms with van der Waals surface area (Å²) in [5.74, 6) is -0.169. The lowest BCUT2D eigenvalue weighted by atomic mass is 10.2. The lowest BCUT2D eigenvalue weighted by molar-refractivity contribution is 0.0950. The summed E-state index contributed by atoms with van der Waals surface area (Å²) in [5.41, 5.74) is 4.10. The van der Waals surface area contributed by atoms with E-state index < -0.39 is 0 Å². The number of pyridine rings is 2. The third-order valence-electron chi connectivity index (χ3n) is 4.10. The molecule has 0 bridgehead atoms. The van der Waals surface area contributed by atoms with E-state index in [0.717, 1.165) is 22.5 Å². The van der Waals surface area contributed by atoms with Gasteiger partial charge >= 0.3 is 0 Å². The largest absolute Gasteiger partial charge is 0.348 e. The molecule has 0 fully saturated rings. The van der Waals surface area contributed by atoms with E-state index in [4.69, 9.17) is 0 Å². The van der Waals surface area contributed by atoms with Crippen molar-refractivity contribution < 1.29 is 4.79 Å². The van der Waals surface area contributed by atoms with E-state index >= 15 is 0 Å². The van der Waals surface area contributed by atoms with E-state index in [1.165, 1.54) is 0 Å². The zero-order valence-electron chi connectivity index (χ0n) is 14.5. The van der Waals surface area contributed by atoms with Crippen LogP contribution in [0.3, 0.4) is 0 Å². The van der Waals surface area contributed by atoms with Gasteiger partial charge in [0.25, 0.3) is 5.91 Å². The van der Waals surface area contributed by atoms with Crippen LogP contribution in [0.5, 0.6) is 0 Å². The van der Waals surface area contributed by atoms with Crippen molar-refractivity contribution in [1.29, 1.82) is 0 Å². The Morgan fingerprint density at radius 1 is 0.963 bits per heavy atom. The highest BCUT2D eigenvalue weighted by Gasteiger charge is 2.09. The van der Waals surface area contributed by atoms with Crippen molar-refractivity contribution in [1.82, 2.24) is 25.1 Å². The predicted octanol–water partition coefficient (Wildman–Crippen LogP) is 3.26. The molecule has 1 aromatic carbocycles. The Labute approximate surface area is 156 Å². The number of benzene rings is 1. The Bertz CT molecular complexity index is 1030. The highest BCUT2D eigenvalue weighted by Crippen LogP contribution is 2.18. The summed E-state index contributed by atoms with van der Waals surface area (Å²) in [6.07, 6.45) is 8.69. The Morgan fingerprint density at radius 2 is 1.85 bits per heavy atom. The highest BCUT2D eigenvalue weighted by molar-refractivity contribution is 5.94. The average Bonchev–Trinajstić information content (AvgIpc) is 3.24. The van der Waals surface area contributed by atoms with Gasteiger partial charge in [0.15, 0.2) is 0 Å². The third kappa shape index (κ3) is 3.90. The molecule has 0 spiro atoms.